The summed E-state index contributed by atoms with van der Waals surface area (Å²) in [7, 11) is 3.94. The van der Waals surface area contributed by atoms with Crippen molar-refractivity contribution in [2.24, 2.45) is 0 Å². The van der Waals surface area contributed by atoms with Crippen LogP contribution in [0.3, 0.4) is 0 Å². The monoisotopic (exact) mass is 286 g/mol. The number of hydrogen-bond donors (Lipinski definition) is 2. The summed E-state index contributed by atoms with van der Waals surface area (Å²) in [6.45, 7) is 2.38. The molecule has 0 aromatic heterocycles. The van der Waals surface area contributed by atoms with E-state index in [4.69, 9.17) is 16.3 Å². The van der Waals surface area contributed by atoms with Gasteiger partial charge in [-0.2, -0.15) is 0 Å². The summed E-state index contributed by atoms with van der Waals surface area (Å²) in [5.74, 6) is -0.275. The number of aromatic hydroxyl groups is 1. The Morgan fingerprint density at radius 2 is 2.16 bits per heavy atom. The van der Waals surface area contributed by atoms with Crippen LogP contribution in [-0.2, 0) is 4.74 Å². The Morgan fingerprint density at radius 1 is 1.42 bits per heavy atom. The summed E-state index contributed by atoms with van der Waals surface area (Å²) in [6.07, 6.45) is 0. The van der Waals surface area contributed by atoms with E-state index in [-0.39, 0.29) is 16.7 Å². The number of carbonyl (C=O) groups is 1. The molecule has 6 heteroatoms. The second kappa shape index (κ2) is 7.99. The lowest BCUT2D eigenvalue weighted by Gasteiger charge is -2.10. The van der Waals surface area contributed by atoms with Crippen LogP contribution in [0.1, 0.15) is 10.4 Å². The van der Waals surface area contributed by atoms with Crippen molar-refractivity contribution in [3.05, 3.63) is 28.8 Å². The van der Waals surface area contributed by atoms with E-state index in [2.05, 4.69) is 5.32 Å². The maximum absolute atomic E-state index is 11.7. The lowest BCUT2D eigenvalue weighted by Crippen LogP contribution is -2.28. The van der Waals surface area contributed by atoms with Gasteiger partial charge in [-0.05, 0) is 32.3 Å². The average molecular weight is 287 g/mol. The van der Waals surface area contributed by atoms with Crippen LogP contribution in [-0.4, -0.2) is 56.3 Å². The number of amides is 1. The van der Waals surface area contributed by atoms with E-state index in [1.54, 1.807) is 0 Å². The van der Waals surface area contributed by atoms with Gasteiger partial charge < -0.3 is 20.1 Å². The van der Waals surface area contributed by atoms with Crippen LogP contribution in [0.15, 0.2) is 18.2 Å². The summed E-state index contributed by atoms with van der Waals surface area (Å²) >= 11 is 5.73. The zero-order chi connectivity index (χ0) is 14.3. The number of halogens is 1. The van der Waals surface area contributed by atoms with Gasteiger partial charge in [0.25, 0.3) is 5.91 Å². The van der Waals surface area contributed by atoms with Gasteiger partial charge in [0.2, 0.25) is 0 Å². The summed E-state index contributed by atoms with van der Waals surface area (Å²) in [5, 5.41) is 12.1. The first-order valence-corrected chi connectivity index (χ1v) is 6.37. The number of hydrogen-bond acceptors (Lipinski definition) is 4. The molecule has 19 heavy (non-hydrogen) atoms. The number of rotatable bonds is 7. The topological polar surface area (TPSA) is 61.8 Å². The molecule has 0 bridgehead atoms. The smallest absolute Gasteiger partial charge is 0.251 e. The number of phenols is 1. The summed E-state index contributed by atoms with van der Waals surface area (Å²) in [6, 6.07) is 4.34. The van der Waals surface area contributed by atoms with Crippen molar-refractivity contribution in [1.82, 2.24) is 10.2 Å². The molecule has 1 amide bonds. The van der Waals surface area contributed by atoms with Gasteiger partial charge in [0.05, 0.1) is 18.2 Å². The van der Waals surface area contributed by atoms with Gasteiger partial charge in [0.15, 0.2) is 0 Å². The third-order valence-corrected chi connectivity index (χ3v) is 2.73. The number of nitrogens with zero attached hydrogens (tertiary/aromatic N) is 1. The molecule has 0 radical (unpaired) electrons. The van der Waals surface area contributed by atoms with E-state index >= 15 is 0 Å². The van der Waals surface area contributed by atoms with E-state index in [0.717, 1.165) is 6.54 Å². The fourth-order valence-corrected chi connectivity index (χ4v) is 1.52. The maximum atomic E-state index is 11.7. The van der Waals surface area contributed by atoms with Crippen LogP contribution in [0.2, 0.25) is 5.02 Å². The molecule has 0 saturated carbocycles. The SMILES string of the molecule is CN(C)CCOCCNC(=O)c1ccc(O)c(Cl)c1. The first-order valence-electron chi connectivity index (χ1n) is 6.00. The Balaban J connectivity index is 2.26. The maximum Gasteiger partial charge on any atom is 0.251 e. The van der Waals surface area contributed by atoms with Crippen molar-refractivity contribution >= 4 is 17.5 Å². The molecule has 1 aromatic rings. The lowest BCUT2D eigenvalue weighted by atomic mass is 10.2. The van der Waals surface area contributed by atoms with Gasteiger partial charge in [-0.3, -0.25) is 4.79 Å². The van der Waals surface area contributed by atoms with Crippen molar-refractivity contribution in [2.75, 3.05) is 40.4 Å². The predicted molar refractivity (Wildman–Crippen MR) is 74.8 cm³/mol. The van der Waals surface area contributed by atoms with Gasteiger partial charge >= 0.3 is 0 Å². The fourth-order valence-electron chi connectivity index (χ4n) is 1.34. The highest BCUT2D eigenvalue weighted by Gasteiger charge is 2.07. The lowest BCUT2D eigenvalue weighted by molar-refractivity contribution is 0.0900. The molecule has 0 saturated heterocycles. The minimum Gasteiger partial charge on any atom is -0.506 e. The van der Waals surface area contributed by atoms with E-state index in [9.17, 15) is 9.90 Å². The minimum absolute atomic E-state index is 0.0368. The van der Waals surface area contributed by atoms with E-state index in [1.165, 1.54) is 18.2 Å². The molecule has 0 spiro atoms. The Morgan fingerprint density at radius 3 is 2.79 bits per heavy atom. The molecule has 0 aliphatic carbocycles. The number of benzene rings is 1. The van der Waals surface area contributed by atoms with Gasteiger partial charge in [-0.25, -0.2) is 0 Å². The molecule has 0 fully saturated rings. The molecule has 5 nitrogen and oxygen atoms in total. The summed E-state index contributed by atoms with van der Waals surface area (Å²) in [5.41, 5.74) is 0.413. The Bertz CT molecular complexity index is 424. The van der Waals surface area contributed by atoms with Crippen molar-refractivity contribution in [3.63, 3.8) is 0 Å². The fraction of sp³-hybridized carbons (Fsp3) is 0.462. The van der Waals surface area contributed by atoms with Crippen molar-refractivity contribution in [3.8, 4) is 5.75 Å². The molecular weight excluding hydrogens is 268 g/mol. The molecule has 1 rings (SSSR count). The summed E-state index contributed by atoms with van der Waals surface area (Å²) in [4.78, 5) is 13.8. The average Bonchev–Trinajstić information content (AvgIpc) is 2.36. The minimum atomic E-state index is -0.238. The Kier molecular flexibility index (Phi) is 6.62. The van der Waals surface area contributed by atoms with Crippen LogP contribution in [0.4, 0.5) is 0 Å². The highest BCUT2D eigenvalue weighted by atomic mass is 35.5. The molecule has 0 aliphatic rings. The number of nitrogens with one attached hydrogen (secondary N) is 1. The zero-order valence-electron chi connectivity index (χ0n) is 11.1. The van der Waals surface area contributed by atoms with Crippen LogP contribution < -0.4 is 5.32 Å². The van der Waals surface area contributed by atoms with Crippen molar-refractivity contribution in [2.45, 2.75) is 0 Å². The quantitative estimate of drug-likeness (QED) is 0.743. The van der Waals surface area contributed by atoms with E-state index in [0.29, 0.717) is 25.3 Å². The molecule has 1 aromatic carbocycles. The van der Waals surface area contributed by atoms with E-state index in [1.807, 2.05) is 19.0 Å². The molecule has 2 N–H and O–H groups in total. The number of likely N-dealkylation sites (N-methyl/N-ethyl adjacent to an activating group) is 1. The highest BCUT2D eigenvalue weighted by molar-refractivity contribution is 6.32. The molecule has 0 heterocycles. The third kappa shape index (κ3) is 5.92. The number of phenolic OH excluding ortho intramolecular Hbond substituents is 1. The standard InChI is InChI=1S/C13H19ClN2O3/c1-16(2)6-8-19-7-5-15-13(18)10-3-4-12(17)11(14)9-10/h3-4,9,17H,5-8H2,1-2H3,(H,15,18). The number of carbonyl (C=O) groups excluding carboxylic acids is 1. The van der Waals surface area contributed by atoms with E-state index < -0.39 is 0 Å². The van der Waals surface area contributed by atoms with Crippen LogP contribution in [0, 0.1) is 0 Å². The third-order valence-electron chi connectivity index (χ3n) is 2.42. The largest absolute Gasteiger partial charge is 0.506 e. The van der Waals surface area contributed by atoms with Gasteiger partial charge in [-0.15, -0.1) is 0 Å². The predicted octanol–water partition coefficient (Wildman–Crippen LogP) is 1.35. The zero-order valence-corrected chi connectivity index (χ0v) is 11.9. The first-order chi connectivity index (χ1) is 9.00. The molecule has 0 aliphatic heterocycles. The molecule has 0 atom stereocenters. The molecule has 106 valence electrons. The first kappa shape index (κ1) is 15.8. The van der Waals surface area contributed by atoms with Crippen molar-refractivity contribution in [1.29, 1.82) is 0 Å². The van der Waals surface area contributed by atoms with Gasteiger partial charge in [0, 0.05) is 18.7 Å². The summed E-state index contributed by atoms with van der Waals surface area (Å²) < 4.78 is 5.35. The van der Waals surface area contributed by atoms with Gasteiger partial charge in [-0.1, -0.05) is 11.6 Å². The highest BCUT2D eigenvalue weighted by Crippen LogP contribution is 2.23. The second-order valence-corrected chi connectivity index (χ2v) is 4.74. The van der Waals surface area contributed by atoms with Crippen LogP contribution in [0.5, 0.6) is 5.75 Å². The Labute approximate surface area is 118 Å². The molecular formula is C13H19ClN2O3. The second-order valence-electron chi connectivity index (χ2n) is 4.34. The van der Waals surface area contributed by atoms with Gasteiger partial charge in [0.1, 0.15) is 5.75 Å². The van der Waals surface area contributed by atoms with Crippen LogP contribution in [0.25, 0.3) is 0 Å². The normalized spacial score (nSPS) is 10.7. The number of ether oxygens (including phenoxy) is 1. The Hall–Kier alpha value is -1.30. The molecule has 0 unspecified atom stereocenters. The van der Waals surface area contributed by atoms with Crippen LogP contribution >= 0.6 is 11.6 Å². The van der Waals surface area contributed by atoms with Crippen molar-refractivity contribution < 1.29 is 14.6 Å².